The highest BCUT2D eigenvalue weighted by Crippen LogP contribution is 2.22. The molecule has 0 aromatic carbocycles. The van der Waals surface area contributed by atoms with Gasteiger partial charge in [0.1, 0.15) is 0 Å². The van der Waals surface area contributed by atoms with Crippen LogP contribution in [0.5, 0.6) is 0 Å². The second-order valence-electron chi connectivity index (χ2n) is 2.62. The molecule has 0 saturated carbocycles. The van der Waals surface area contributed by atoms with Gasteiger partial charge in [0.25, 0.3) is 11.8 Å². The maximum absolute atomic E-state index is 11.0. The molecule has 2 aliphatic rings. The van der Waals surface area contributed by atoms with Gasteiger partial charge in [-0.3, -0.25) is 14.9 Å². The zero-order valence-corrected chi connectivity index (χ0v) is 5.89. The van der Waals surface area contributed by atoms with Gasteiger partial charge in [-0.25, -0.2) is 0 Å². The molecule has 3 nitrogen and oxygen atoms in total. The van der Waals surface area contributed by atoms with Crippen LogP contribution in [0.15, 0.2) is 23.3 Å². The molecule has 2 rings (SSSR count). The predicted molar refractivity (Wildman–Crippen MR) is 40.7 cm³/mol. The number of carbonyl (C=O) groups excluding carboxylic acids is 2. The Morgan fingerprint density at radius 1 is 1.36 bits per heavy atom. The standard InChI is InChI=1S/C8H7NO2.H2/c10-7-5-3-1-2-4-6(5)8(11)9-7;/h1,3H,2,4H2,(H,9,10,11);1H. The molecule has 3 heteroatoms. The Morgan fingerprint density at radius 3 is 2.91 bits per heavy atom. The van der Waals surface area contributed by atoms with Crippen molar-refractivity contribution >= 4 is 11.8 Å². The highest BCUT2D eigenvalue weighted by Gasteiger charge is 2.28. The van der Waals surface area contributed by atoms with Crippen molar-refractivity contribution in [3.8, 4) is 0 Å². The first-order valence-corrected chi connectivity index (χ1v) is 3.54. The van der Waals surface area contributed by atoms with Crippen molar-refractivity contribution < 1.29 is 11.0 Å². The molecule has 0 fully saturated rings. The van der Waals surface area contributed by atoms with E-state index in [0.29, 0.717) is 17.6 Å². The molecule has 0 saturated heterocycles. The minimum Gasteiger partial charge on any atom is -0.288 e. The lowest BCUT2D eigenvalue weighted by atomic mass is 10.00. The van der Waals surface area contributed by atoms with Crippen LogP contribution in [-0.2, 0) is 9.59 Å². The average Bonchev–Trinajstić information content (AvgIpc) is 2.30. The topological polar surface area (TPSA) is 46.2 Å². The summed E-state index contributed by atoms with van der Waals surface area (Å²) in [5.41, 5.74) is 1.21. The molecule has 2 amide bonds. The third kappa shape index (κ3) is 0.808. The SMILES string of the molecule is O=C1NC(=O)C2=C1C=CCC2.[HH]. The summed E-state index contributed by atoms with van der Waals surface area (Å²) in [5.74, 6) is -0.463. The Hall–Kier alpha value is -1.38. The van der Waals surface area contributed by atoms with E-state index in [-0.39, 0.29) is 13.2 Å². The van der Waals surface area contributed by atoms with Crippen LogP contribution in [0.3, 0.4) is 0 Å². The van der Waals surface area contributed by atoms with Crippen molar-refractivity contribution in [3.63, 3.8) is 0 Å². The van der Waals surface area contributed by atoms with Crippen molar-refractivity contribution in [3.05, 3.63) is 23.3 Å². The van der Waals surface area contributed by atoms with Crippen LogP contribution in [0.2, 0.25) is 0 Å². The van der Waals surface area contributed by atoms with E-state index in [1.807, 2.05) is 6.08 Å². The zero-order chi connectivity index (χ0) is 7.84. The van der Waals surface area contributed by atoms with Gasteiger partial charge in [-0.05, 0) is 12.8 Å². The molecule has 1 heterocycles. The van der Waals surface area contributed by atoms with E-state index in [2.05, 4.69) is 5.32 Å². The lowest BCUT2D eigenvalue weighted by Gasteiger charge is -2.01. The van der Waals surface area contributed by atoms with Gasteiger partial charge in [0, 0.05) is 12.6 Å². The summed E-state index contributed by atoms with van der Waals surface area (Å²) in [6, 6.07) is 0. The van der Waals surface area contributed by atoms with Gasteiger partial charge in [-0.2, -0.15) is 0 Å². The van der Waals surface area contributed by atoms with Crippen molar-refractivity contribution in [2.45, 2.75) is 12.8 Å². The summed E-state index contributed by atoms with van der Waals surface area (Å²) in [4.78, 5) is 22.0. The number of nitrogens with one attached hydrogen (secondary N) is 1. The lowest BCUT2D eigenvalue weighted by molar-refractivity contribution is -0.124. The summed E-state index contributed by atoms with van der Waals surface area (Å²) in [5, 5.41) is 2.26. The second-order valence-corrected chi connectivity index (χ2v) is 2.62. The van der Waals surface area contributed by atoms with Crippen LogP contribution in [0.1, 0.15) is 14.3 Å². The monoisotopic (exact) mass is 151 g/mol. The maximum atomic E-state index is 11.0. The highest BCUT2D eigenvalue weighted by atomic mass is 16.2. The fourth-order valence-corrected chi connectivity index (χ4v) is 1.36. The fourth-order valence-electron chi connectivity index (χ4n) is 1.36. The van der Waals surface area contributed by atoms with Crippen molar-refractivity contribution in [1.82, 2.24) is 5.32 Å². The second kappa shape index (κ2) is 2.05. The molecule has 0 aromatic heterocycles. The van der Waals surface area contributed by atoms with E-state index in [9.17, 15) is 9.59 Å². The number of hydrogen-bond donors (Lipinski definition) is 1. The largest absolute Gasteiger partial charge is 0.288 e. The van der Waals surface area contributed by atoms with Crippen molar-refractivity contribution in [2.24, 2.45) is 0 Å². The summed E-state index contributed by atoms with van der Waals surface area (Å²) < 4.78 is 0. The summed E-state index contributed by atoms with van der Waals surface area (Å²) >= 11 is 0. The molecule has 11 heavy (non-hydrogen) atoms. The molecule has 1 N–H and O–H groups in total. The molecule has 0 spiro atoms. The minimum atomic E-state index is -0.249. The Morgan fingerprint density at radius 2 is 2.18 bits per heavy atom. The van der Waals surface area contributed by atoms with Gasteiger partial charge in [-0.15, -0.1) is 0 Å². The van der Waals surface area contributed by atoms with E-state index >= 15 is 0 Å². The Kier molecular flexibility index (Phi) is 1.18. The molecule has 0 unspecified atom stereocenters. The van der Waals surface area contributed by atoms with Crippen LogP contribution < -0.4 is 5.32 Å². The lowest BCUT2D eigenvalue weighted by Crippen LogP contribution is -2.22. The van der Waals surface area contributed by atoms with E-state index in [1.165, 1.54) is 0 Å². The summed E-state index contributed by atoms with van der Waals surface area (Å²) in [6.07, 6.45) is 5.19. The Labute approximate surface area is 65.3 Å². The number of hydrogen-bond acceptors (Lipinski definition) is 2. The molecule has 0 atom stereocenters. The van der Waals surface area contributed by atoms with Gasteiger partial charge in [-0.1, -0.05) is 12.2 Å². The Balaban J connectivity index is 0.000000720. The van der Waals surface area contributed by atoms with Crippen LogP contribution in [-0.4, -0.2) is 11.8 Å². The maximum Gasteiger partial charge on any atom is 0.258 e. The van der Waals surface area contributed by atoms with Gasteiger partial charge in [0.15, 0.2) is 0 Å². The van der Waals surface area contributed by atoms with E-state index in [1.54, 1.807) is 6.08 Å². The molecular formula is C8H9NO2. The smallest absolute Gasteiger partial charge is 0.258 e. The summed E-state index contributed by atoms with van der Waals surface area (Å²) in [6.45, 7) is 0. The predicted octanol–water partition coefficient (Wildman–Crippen LogP) is 0.535. The van der Waals surface area contributed by atoms with Crippen LogP contribution in [0.25, 0.3) is 0 Å². The van der Waals surface area contributed by atoms with E-state index in [0.717, 1.165) is 6.42 Å². The van der Waals surface area contributed by atoms with Crippen LogP contribution in [0.4, 0.5) is 0 Å². The van der Waals surface area contributed by atoms with Gasteiger partial charge < -0.3 is 0 Å². The number of carbonyl (C=O) groups is 2. The molecule has 0 bridgehead atoms. The third-order valence-corrected chi connectivity index (χ3v) is 1.92. The Bertz CT molecular complexity index is 304. The number of imide groups is 1. The number of amides is 2. The average molecular weight is 151 g/mol. The molecule has 0 radical (unpaired) electrons. The summed E-state index contributed by atoms with van der Waals surface area (Å²) in [7, 11) is 0. The molecule has 1 aliphatic carbocycles. The first-order valence-electron chi connectivity index (χ1n) is 3.54. The number of rotatable bonds is 0. The van der Waals surface area contributed by atoms with Gasteiger partial charge >= 0.3 is 0 Å². The fraction of sp³-hybridized carbons (Fsp3) is 0.250. The minimum absolute atomic E-state index is 0. The highest BCUT2D eigenvalue weighted by molar-refractivity contribution is 6.20. The van der Waals surface area contributed by atoms with Crippen LogP contribution in [0, 0.1) is 0 Å². The third-order valence-electron chi connectivity index (χ3n) is 1.92. The quantitative estimate of drug-likeness (QED) is 0.513. The molecule has 0 aromatic rings. The first-order chi connectivity index (χ1) is 5.29. The van der Waals surface area contributed by atoms with Crippen LogP contribution >= 0.6 is 0 Å². The van der Waals surface area contributed by atoms with Gasteiger partial charge in [0.2, 0.25) is 0 Å². The molecule has 58 valence electrons. The van der Waals surface area contributed by atoms with Gasteiger partial charge in [0.05, 0.1) is 0 Å². The normalized spacial score (nSPS) is 22.2. The molecule has 1 aliphatic heterocycles. The van der Waals surface area contributed by atoms with Crippen molar-refractivity contribution in [2.75, 3.05) is 0 Å². The number of allylic oxidation sites excluding steroid dienone is 1. The first kappa shape index (κ1) is 6.34. The van der Waals surface area contributed by atoms with E-state index in [4.69, 9.17) is 0 Å². The molecular weight excluding hydrogens is 142 g/mol. The van der Waals surface area contributed by atoms with Crippen molar-refractivity contribution in [1.29, 1.82) is 0 Å². The van der Waals surface area contributed by atoms with E-state index < -0.39 is 0 Å². The zero-order valence-electron chi connectivity index (χ0n) is 5.89.